The normalized spacial score (nSPS) is 12.4. The highest BCUT2D eigenvalue weighted by Crippen LogP contribution is 1.88. The maximum atomic E-state index is 11.1. The van der Waals surface area contributed by atoms with Crippen LogP contribution in [0, 0.1) is 0 Å². The molecule has 6 nitrogen and oxygen atoms in total. The Morgan fingerprint density at radius 3 is 2.44 bits per heavy atom. The van der Waals surface area contributed by atoms with Gasteiger partial charge in [-0.2, -0.15) is 0 Å². The van der Waals surface area contributed by atoms with Crippen LogP contribution in [0.15, 0.2) is 0 Å². The molecule has 0 aliphatic heterocycles. The third-order valence-electron chi connectivity index (χ3n) is 1.69. The molecule has 0 aliphatic rings. The third-order valence-corrected chi connectivity index (χ3v) is 1.69. The number of ether oxygens (including phenoxy) is 4. The summed E-state index contributed by atoms with van der Waals surface area (Å²) >= 11 is 0. The Balaban J connectivity index is 3.27. The summed E-state index contributed by atoms with van der Waals surface area (Å²) in [5, 5.41) is 0. The van der Waals surface area contributed by atoms with Crippen LogP contribution in [0.25, 0.3) is 0 Å². The first-order valence-electron chi connectivity index (χ1n) is 5.29. The van der Waals surface area contributed by atoms with Crippen LogP contribution < -0.4 is 5.73 Å². The average molecular weight is 235 g/mol. The molecule has 0 saturated carbocycles. The number of nitrogens with two attached hydrogens (primary N) is 1. The summed E-state index contributed by atoms with van der Waals surface area (Å²) in [6.07, 6.45) is 0. The van der Waals surface area contributed by atoms with E-state index in [0.29, 0.717) is 33.0 Å². The van der Waals surface area contributed by atoms with Gasteiger partial charge in [-0.3, -0.25) is 4.79 Å². The second kappa shape index (κ2) is 10.8. The Bertz CT molecular complexity index is 177. The molecule has 0 aromatic heterocycles. The van der Waals surface area contributed by atoms with E-state index in [0.717, 1.165) is 0 Å². The summed E-state index contributed by atoms with van der Waals surface area (Å²) < 4.78 is 19.8. The number of carbonyl (C=O) groups excluding carboxylic acids is 1. The van der Waals surface area contributed by atoms with Gasteiger partial charge in [-0.15, -0.1) is 0 Å². The van der Waals surface area contributed by atoms with E-state index in [1.807, 2.05) is 0 Å². The summed E-state index contributed by atoms with van der Waals surface area (Å²) in [5.41, 5.74) is 5.51. The molecule has 96 valence electrons. The number of methoxy groups -OCH3 is 1. The van der Waals surface area contributed by atoms with Gasteiger partial charge >= 0.3 is 5.97 Å². The maximum absolute atomic E-state index is 11.1. The summed E-state index contributed by atoms with van der Waals surface area (Å²) in [6.45, 7) is 4.15. The highest BCUT2D eigenvalue weighted by Gasteiger charge is 2.13. The topological polar surface area (TPSA) is 80.0 Å². The molecule has 0 amide bonds. The first-order valence-corrected chi connectivity index (χ1v) is 5.29. The van der Waals surface area contributed by atoms with Gasteiger partial charge in [-0.25, -0.2) is 0 Å². The zero-order chi connectivity index (χ0) is 12.2. The molecule has 0 fully saturated rings. The van der Waals surface area contributed by atoms with Gasteiger partial charge in [0.05, 0.1) is 39.6 Å². The lowest BCUT2D eigenvalue weighted by molar-refractivity contribution is -0.146. The van der Waals surface area contributed by atoms with E-state index < -0.39 is 12.0 Å². The Hall–Kier alpha value is -0.690. The van der Waals surface area contributed by atoms with E-state index in [2.05, 4.69) is 0 Å². The second-order valence-corrected chi connectivity index (χ2v) is 3.04. The molecule has 1 unspecified atom stereocenters. The minimum Gasteiger partial charge on any atom is -0.465 e. The fourth-order valence-corrected chi connectivity index (χ4v) is 0.890. The Labute approximate surface area is 96.0 Å². The van der Waals surface area contributed by atoms with E-state index >= 15 is 0 Å². The van der Waals surface area contributed by atoms with Gasteiger partial charge in [0.2, 0.25) is 0 Å². The van der Waals surface area contributed by atoms with Gasteiger partial charge < -0.3 is 24.7 Å². The first-order chi connectivity index (χ1) is 7.72. The quantitative estimate of drug-likeness (QED) is 0.408. The predicted octanol–water partition coefficient (Wildman–Crippen LogP) is -0.444. The Kier molecular flexibility index (Phi) is 10.3. The fourth-order valence-electron chi connectivity index (χ4n) is 0.890. The van der Waals surface area contributed by atoms with Crippen molar-refractivity contribution in [1.82, 2.24) is 0 Å². The van der Waals surface area contributed by atoms with Gasteiger partial charge in [0.15, 0.2) is 0 Å². The van der Waals surface area contributed by atoms with Crippen molar-refractivity contribution in [1.29, 1.82) is 0 Å². The van der Waals surface area contributed by atoms with E-state index in [9.17, 15) is 4.79 Å². The predicted molar refractivity (Wildman–Crippen MR) is 58.1 cm³/mol. The minimum absolute atomic E-state index is 0.145. The van der Waals surface area contributed by atoms with Crippen LogP contribution in [0.2, 0.25) is 0 Å². The molecule has 6 heteroatoms. The van der Waals surface area contributed by atoms with Crippen molar-refractivity contribution in [2.75, 3.05) is 46.8 Å². The summed E-state index contributed by atoms with van der Waals surface area (Å²) in [6, 6.07) is -0.723. The van der Waals surface area contributed by atoms with Crippen LogP contribution in [-0.4, -0.2) is 58.8 Å². The van der Waals surface area contributed by atoms with Crippen molar-refractivity contribution in [3.05, 3.63) is 0 Å². The summed E-state index contributed by atoms with van der Waals surface area (Å²) in [7, 11) is 1.61. The number of hydrogen-bond acceptors (Lipinski definition) is 6. The van der Waals surface area contributed by atoms with Crippen molar-refractivity contribution in [2.45, 2.75) is 13.0 Å². The molecule has 0 aromatic rings. The Morgan fingerprint density at radius 1 is 1.19 bits per heavy atom. The van der Waals surface area contributed by atoms with Crippen molar-refractivity contribution < 1.29 is 23.7 Å². The molecule has 1 atom stereocenters. The molecular formula is C10H21NO5. The summed E-state index contributed by atoms with van der Waals surface area (Å²) in [5.74, 6) is -0.442. The maximum Gasteiger partial charge on any atom is 0.325 e. The van der Waals surface area contributed by atoms with Crippen molar-refractivity contribution in [2.24, 2.45) is 5.73 Å². The van der Waals surface area contributed by atoms with E-state index in [4.69, 9.17) is 24.7 Å². The van der Waals surface area contributed by atoms with Crippen LogP contribution in [0.3, 0.4) is 0 Å². The Morgan fingerprint density at radius 2 is 1.81 bits per heavy atom. The van der Waals surface area contributed by atoms with Crippen LogP contribution in [0.4, 0.5) is 0 Å². The molecular weight excluding hydrogens is 214 g/mol. The van der Waals surface area contributed by atoms with E-state index in [-0.39, 0.29) is 6.61 Å². The number of rotatable bonds is 10. The van der Waals surface area contributed by atoms with Crippen LogP contribution in [0.1, 0.15) is 6.92 Å². The lowest BCUT2D eigenvalue weighted by atomic mass is 10.3. The average Bonchev–Trinajstić information content (AvgIpc) is 2.28. The van der Waals surface area contributed by atoms with Gasteiger partial charge in [0.25, 0.3) is 0 Å². The molecule has 0 radical (unpaired) electrons. The van der Waals surface area contributed by atoms with Gasteiger partial charge in [-0.05, 0) is 6.92 Å². The molecule has 0 aliphatic carbocycles. The molecule has 16 heavy (non-hydrogen) atoms. The zero-order valence-electron chi connectivity index (χ0n) is 9.94. The smallest absolute Gasteiger partial charge is 0.325 e. The van der Waals surface area contributed by atoms with E-state index in [1.165, 1.54) is 0 Å². The van der Waals surface area contributed by atoms with Crippen molar-refractivity contribution >= 4 is 5.97 Å². The lowest BCUT2D eigenvalue weighted by Crippen LogP contribution is -2.37. The highest BCUT2D eigenvalue weighted by molar-refractivity contribution is 5.75. The van der Waals surface area contributed by atoms with Gasteiger partial charge in [-0.1, -0.05) is 0 Å². The molecule has 0 spiro atoms. The standard InChI is InChI=1S/C10H21NO5/c1-3-16-10(12)9(11)8-15-7-6-14-5-4-13-2/h9H,3-8,11H2,1-2H3. The third kappa shape index (κ3) is 8.60. The van der Waals surface area contributed by atoms with Crippen molar-refractivity contribution in [3.63, 3.8) is 0 Å². The van der Waals surface area contributed by atoms with Crippen molar-refractivity contribution in [3.8, 4) is 0 Å². The number of esters is 1. The molecule has 0 bridgehead atoms. The van der Waals surface area contributed by atoms with E-state index in [1.54, 1.807) is 14.0 Å². The zero-order valence-corrected chi connectivity index (χ0v) is 9.94. The largest absolute Gasteiger partial charge is 0.465 e. The van der Waals surface area contributed by atoms with Crippen LogP contribution >= 0.6 is 0 Å². The molecule has 0 rings (SSSR count). The van der Waals surface area contributed by atoms with Crippen LogP contribution in [-0.2, 0) is 23.7 Å². The molecule has 0 saturated heterocycles. The highest BCUT2D eigenvalue weighted by atomic mass is 16.5. The van der Waals surface area contributed by atoms with Crippen LogP contribution in [0.5, 0.6) is 0 Å². The SMILES string of the molecule is CCOC(=O)C(N)COCCOCCOC. The fraction of sp³-hybridized carbons (Fsp3) is 0.900. The monoisotopic (exact) mass is 235 g/mol. The van der Waals surface area contributed by atoms with Gasteiger partial charge in [0, 0.05) is 7.11 Å². The molecule has 0 aromatic carbocycles. The first kappa shape index (κ1) is 15.3. The summed E-state index contributed by atoms with van der Waals surface area (Å²) in [4.78, 5) is 11.1. The van der Waals surface area contributed by atoms with Gasteiger partial charge in [0.1, 0.15) is 6.04 Å². The lowest BCUT2D eigenvalue weighted by Gasteiger charge is -2.11. The number of hydrogen-bond donors (Lipinski definition) is 1. The second-order valence-electron chi connectivity index (χ2n) is 3.04. The molecule has 2 N–H and O–H groups in total. The molecule has 0 heterocycles. The minimum atomic E-state index is -0.723. The number of carbonyl (C=O) groups is 1.